The summed E-state index contributed by atoms with van der Waals surface area (Å²) in [6, 6.07) is 13.7. The van der Waals surface area contributed by atoms with E-state index in [-0.39, 0.29) is 0 Å². The highest BCUT2D eigenvalue weighted by Gasteiger charge is 2.26. The summed E-state index contributed by atoms with van der Waals surface area (Å²) in [6.07, 6.45) is 6.82. The van der Waals surface area contributed by atoms with Crippen molar-refractivity contribution in [1.29, 1.82) is 0 Å². The van der Waals surface area contributed by atoms with Crippen molar-refractivity contribution < 1.29 is 9.32 Å². The summed E-state index contributed by atoms with van der Waals surface area (Å²) >= 11 is 0. The Balaban J connectivity index is 1.47. The molecule has 2 aromatic carbocycles. The second-order valence-electron chi connectivity index (χ2n) is 8.52. The number of benzene rings is 2. The van der Waals surface area contributed by atoms with Gasteiger partial charge in [0.25, 0.3) is 0 Å². The van der Waals surface area contributed by atoms with Crippen molar-refractivity contribution in [2.75, 3.05) is 5.32 Å². The standard InChI is InChI=1S/C24H29N5O2S/c1-29-14-13-22(27-29)32(31,25-16-17-7-3-2-4-8-17)28-24(30)26-23-20-11-5-9-18(20)15-19-10-6-12-21(19)23/h2-4,7-8,13-15,24,26,30H,5-6,9-12,16H2,1H3,(H,25,28,31). The molecule has 0 saturated heterocycles. The van der Waals surface area contributed by atoms with Crippen LogP contribution in [0.2, 0.25) is 0 Å². The minimum Gasteiger partial charge on any atom is -0.355 e. The molecule has 1 aromatic heterocycles. The normalized spacial score (nSPS) is 17.4. The Bertz CT molecular complexity index is 1210. The first-order chi connectivity index (χ1) is 15.5. The van der Waals surface area contributed by atoms with E-state index in [2.05, 4.69) is 25.6 Å². The fourth-order valence-electron chi connectivity index (χ4n) is 4.77. The van der Waals surface area contributed by atoms with E-state index in [1.165, 1.54) is 22.3 Å². The van der Waals surface area contributed by atoms with E-state index in [1.807, 2.05) is 30.3 Å². The summed E-state index contributed by atoms with van der Waals surface area (Å²) in [5.74, 6) is 0. The minimum absolute atomic E-state index is 0.306. The summed E-state index contributed by atoms with van der Waals surface area (Å²) in [4.78, 5) is 0. The van der Waals surface area contributed by atoms with Gasteiger partial charge in [0, 0.05) is 25.5 Å². The Morgan fingerprint density at radius 2 is 1.78 bits per heavy atom. The Morgan fingerprint density at radius 3 is 2.41 bits per heavy atom. The molecule has 2 unspecified atom stereocenters. The summed E-state index contributed by atoms with van der Waals surface area (Å²) in [5, 5.41) is 18.8. The number of rotatable bonds is 7. The molecule has 2 aliphatic carbocycles. The van der Waals surface area contributed by atoms with Crippen molar-refractivity contribution in [1.82, 2.24) is 14.5 Å². The third kappa shape index (κ3) is 4.18. The molecule has 0 amide bonds. The van der Waals surface area contributed by atoms with Crippen molar-refractivity contribution in [2.24, 2.45) is 11.4 Å². The van der Waals surface area contributed by atoms with Crippen LogP contribution in [0.4, 0.5) is 5.69 Å². The number of hydrogen-bond donors (Lipinski definition) is 3. The average Bonchev–Trinajstić information content (AvgIpc) is 3.53. The quantitative estimate of drug-likeness (QED) is 0.481. The highest BCUT2D eigenvalue weighted by Crippen LogP contribution is 2.38. The Morgan fingerprint density at radius 1 is 1.09 bits per heavy atom. The average molecular weight is 452 g/mol. The number of aryl methyl sites for hydroxylation is 3. The molecule has 2 atom stereocenters. The van der Waals surface area contributed by atoms with Gasteiger partial charge in [-0.25, -0.2) is 8.93 Å². The lowest BCUT2D eigenvalue weighted by atomic mass is 9.99. The van der Waals surface area contributed by atoms with Gasteiger partial charge in [0.15, 0.2) is 14.9 Å². The van der Waals surface area contributed by atoms with E-state index < -0.39 is 16.3 Å². The van der Waals surface area contributed by atoms with Crippen LogP contribution in [0.3, 0.4) is 0 Å². The lowest BCUT2D eigenvalue weighted by molar-refractivity contribution is 0.215. The van der Waals surface area contributed by atoms with Gasteiger partial charge in [-0.15, -0.1) is 0 Å². The van der Waals surface area contributed by atoms with E-state index in [0.717, 1.165) is 49.8 Å². The molecular weight excluding hydrogens is 422 g/mol. The molecule has 0 aliphatic heterocycles. The molecule has 3 N–H and O–H groups in total. The van der Waals surface area contributed by atoms with Crippen molar-refractivity contribution >= 4 is 15.6 Å². The van der Waals surface area contributed by atoms with Gasteiger partial charge >= 0.3 is 0 Å². The topological polar surface area (TPSA) is 91.5 Å². The van der Waals surface area contributed by atoms with Crippen LogP contribution in [0.25, 0.3) is 0 Å². The molecule has 5 rings (SSSR count). The van der Waals surface area contributed by atoms with E-state index in [9.17, 15) is 9.32 Å². The molecular formula is C24H29N5O2S. The number of fused-ring (bicyclic) bond motifs is 2. The predicted molar refractivity (Wildman–Crippen MR) is 125 cm³/mol. The molecule has 8 heteroatoms. The van der Waals surface area contributed by atoms with Crippen LogP contribution in [-0.2, 0) is 49.2 Å². The number of hydrogen-bond acceptors (Lipinski definition) is 5. The van der Waals surface area contributed by atoms with Gasteiger partial charge in [-0.3, -0.25) is 4.68 Å². The molecule has 7 nitrogen and oxygen atoms in total. The zero-order valence-corrected chi connectivity index (χ0v) is 19.1. The van der Waals surface area contributed by atoms with Crippen molar-refractivity contribution in [3.63, 3.8) is 0 Å². The third-order valence-electron chi connectivity index (χ3n) is 6.28. The van der Waals surface area contributed by atoms with Crippen LogP contribution < -0.4 is 10.0 Å². The van der Waals surface area contributed by atoms with Crippen LogP contribution >= 0.6 is 0 Å². The number of aliphatic hydroxyl groups is 1. The van der Waals surface area contributed by atoms with E-state index in [0.29, 0.717) is 11.6 Å². The summed E-state index contributed by atoms with van der Waals surface area (Å²) < 4.78 is 22.9. The first-order valence-electron chi connectivity index (χ1n) is 11.2. The van der Waals surface area contributed by atoms with Gasteiger partial charge in [0.1, 0.15) is 0 Å². The van der Waals surface area contributed by atoms with Crippen LogP contribution in [-0.4, -0.2) is 25.4 Å². The lowest BCUT2D eigenvalue weighted by Gasteiger charge is -2.20. The monoisotopic (exact) mass is 451 g/mol. The van der Waals surface area contributed by atoms with E-state index in [1.54, 1.807) is 24.0 Å². The maximum atomic E-state index is 13.9. The first-order valence-corrected chi connectivity index (χ1v) is 12.7. The van der Waals surface area contributed by atoms with Crippen LogP contribution in [0, 0.1) is 0 Å². The maximum Gasteiger partial charge on any atom is 0.233 e. The highest BCUT2D eigenvalue weighted by molar-refractivity contribution is 7.91. The molecule has 0 radical (unpaired) electrons. The number of aliphatic hydroxyl groups excluding tert-OH is 1. The lowest BCUT2D eigenvalue weighted by Crippen LogP contribution is -2.28. The smallest absolute Gasteiger partial charge is 0.233 e. The van der Waals surface area contributed by atoms with E-state index in [4.69, 9.17) is 0 Å². The van der Waals surface area contributed by atoms with Gasteiger partial charge < -0.3 is 10.4 Å². The third-order valence-corrected chi connectivity index (χ3v) is 8.10. The van der Waals surface area contributed by atoms with Gasteiger partial charge in [-0.05, 0) is 72.4 Å². The SMILES string of the molecule is Cn1ccc(S(=O)(=NC(O)Nc2c3c(cc4c2CCC4)CCC3)NCc2ccccc2)n1. The molecule has 0 spiro atoms. The molecule has 0 bridgehead atoms. The molecule has 168 valence electrons. The van der Waals surface area contributed by atoms with Crippen molar-refractivity contribution in [3.05, 3.63) is 76.5 Å². The molecule has 0 fully saturated rings. The van der Waals surface area contributed by atoms with Crippen molar-refractivity contribution in [2.45, 2.75) is 56.4 Å². The fourth-order valence-corrected chi connectivity index (χ4v) is 6.28. The Hall–Kier alpha value is -2.68. The number of nitrogens with zero attached hydrogens (tertiary/aromatic N) is 3. The predicted octanol–water partition coefficient (Wildman–Crippen LogP) is 3.32. The Labute approximate surface area is 189 Å². The number of nitrogens with one attached hydrogen (secondary N) is 2. The number of aromatic nitrogens is 2. The highest BCUT2D eigenvalue weighted by atomic mass is 32.2. The summed E-state index contributed by atoms with van der Waals surface area (Å²) in [5.41, 5.74) is 7.27. The van der Waals surface area contributed by atoms with Gasteiger partial charge in [-0.2, -0.15) is 9.46 Å². The second-order valence-corrected chi connectivity index (χ2v) is 10.5. The summed E-state index contributed by atoms with van der Waals surface area (Å²) in [6.45, 7) is 0.350. The van der Waals surface area contributed by atoms with Gasteiger partial charge in [0.2, 0.25) is 6.35 Å². The maximum absolute atomic E-state index is 13.9. The minimum atomic E-state index is -3.16. The van der Waals surface area contributed by atoms with Crippen LogP contribution in [0.5, 0.6) is 0 Å². The molecule has 3 aromatic rings. The van der Waals surface area contributed by atoms with E-state index >= 15 is 0 Å². The molecule has 0 saturated carbocycles. The Kier molecular flexibility index (Phi) is 5.75. The summed E-state index contributed by atoms with van der Waals surface area (Å²) in [7, 11) is -1.39. The van der Waals surface area contributed by atoms with Gasteiger partial charge in [0.05, 0.1) is 0 Å². The van der Waals surface area contributed by atoms with Crippen molar-refractivity contribution in [3.8, 4) is 0 Å². The molecule has 32 heavy (non-hydrogen) atoms. The van der Waals surface area contributed by atoms with Crippen LogP contribution in [0.15, 0.2) is 58.1 Å². The van der Waals surface area contributed by atoms with Gasteiger partial charge in [-0.1, -0.05) is 36.4 Å². The molecule has 2 aliphatic rings. The zero-order valence-electron chi connectivity index (χ0n) is 18.3. The number of anilines is 1. The van der Waals surface area contributed by atoms with Crippen LogP contribution in [0.1, 0.15) is 40.7 Å². The fraction of sp³-hybridized carbons (Fsp3) is 0.375. The molecule has 1 heterocycles. The second kappa shape index (κ2) is 8.69. The largest absolute Gasteiger partial charge is 0.355 e. The first kappa shape index (κ1) is 21.2. The zero-order chi connectivity index (χ0) is 22.1.